The van der Waals surface area contributed by atoms with Crippen molar-refractivity contribution in [2.75, 3.05) is 0 Å². The van der Waals surface area contributed by atoms with E-state index in [1.54, 1.807) is 0 Å². The van der Waals surface area contributed by atoms with E-state index in [2.05, 4.69) is 22.9 Å². The molecule has 0 amide bonds. The SMILES string of the molecule is CCc1cc(Br)c(O)c(C(C)(C)N)c1. The molecule has 0 saturated heterocycles. The molecule has 14 heavy (non-hydrogen) atoms. The van der Waals surface area contributed by atoms with Crippen molar-refractivity contribution in [1.82, 2.24) is 0 Å². The molecule has 3 heteroatoms. The minimum atomic E-state index is -0.516. The number of halogens is 1. The molecule has 0 fully saturated rings. The van der Waals surface area contributed by atoms with Gasteiger partial charge in [0.15, 0.2) is 0 Å². The summed E-state index contributed by atoms with van der Waals surface area (Å²) >= 11 is 3.32. The summed E-state index contributed by atoms with van der Waals surface area (Å²) in [5.74, 6) is 0.245. The fourth-order valence-corrected chi connectivity index (χ4v) is 1.86. The molecule has 0 aliphatic heterocycles. The van der Waals surface area contributed by atoms with Crippen LogP contribution in [-0.4, -0.2) is 5.11 Å². The van der Waals surface area contributed by atoms with Crippen LogP contribution < -0.4 is 5.73 Å². The van der Waals surface area contributed by atoms with Crippen molar-refractivity contribution in [3.05, 3.63) is 27.7 Å². The van der Waals surface area contributed by atoms with Gasteiger partial charge in [0.1, 0.15) is 5.75 Å². The van der Waals surface area contributed by atoms with Crippen LogP contribution in [0, 0.1) is 0 Å². The lowest BCUT2D eigenvalue weighted by Crippen LogP contribution is -2.28. The molecule has 0 heterocycles. The summed E-state index contributed by atoms with van der Waals surface area (Å²) in [6.45, 7) is 5.84. The van der Waals surface area contributed by atoms with E-state index in [0.29, 0.717) is 4.47 Å². The highest BCUT2D eigenvalue weighted by atomic mass is 79.9. The fourth-order valence-electron chi connectivity index (χ4n) is 1.35. The highest BCUT2D eigenvalue weighted by Crippen LogP contribution is 2.34. The van der Waals surface area contributed by atoms with Crippen molar-refractivity contribution in [2.24, 2.45) is 5.73 Å². The van der Waals surface area contributed by atoms with Gasteiger partial charge in [0.05, 0.1) is 4.47 Å². The zero-order valence-electron chi connectivity index (χ0n) is 8.76. The number of aromatic hydroxyl groups is 1. The third-order valence-corrected chi connectivity index (χ3v) is 2.83. The summed E-state index contributed by atoms with van der Waals surface area (Å²) in [6, 6.07) is 3.88. The topological polar surface area (TPSA) is 46.2 Å². The number of hydrogen-bond donors (Lipinski definition) is 2. The Morgan fingerprint density at radius 3 is 2.43 bits per heavy atom. The number of hydrogen-bond acceptors (Lipinski definition) is 2. The summed E-state index contributed by atoms with van der Waals surface area (Å²) in [6.07, 6.45) is 0.932. The van der Waals surface area contributed by atoms with E-state index in [0.717, 1.165) is 12.0 Å². The molecule has 1 aromatic rings. The van der Waals surface area contributed by atoms with Crippen molar-refractivity contribution >= 4 is 15.9 Å². The Hall–Kier alpha value is -0.540. The molecule has 2 nitrogen and oxygen atoms in total. The Kier molecular flexibility index (Phi) is 3.22. The predicted molar refractivity (Wildman–Crippen MR) is 62.4 cm³/mol. The second-order valence-electron chi connectivity index (χ2n) is 4.05. The fraction of sp³-hybridized carbons (Fsp3) is 0.455. The number of rotatable bonds is 2. The largest absolute Gasteiger partial charge is 0.506 e. The molecule has 3 N–H and O–H groups in total. The van der Waals surface area contributed by atoms with E-state index in [1.807, 2.05) is 26.0 Å². The molecule has 1 aromatic carbocycles. The highest BCUT2D eigenvalue weighted by molar-refractivity contribution is 9.10. The third kappa shape index (κ3) is 2.28. The summed E-state index contributed by atoms with van der Waals surface area (Å²) in [5, 5.41) is 9.83. The smallest absolute Gasteiger partial charge is 0.134 e. The minimum Gasteiger partial charge on any atom is -0.506 e. The van der Waals surface area contributed by atoms with Gasteiger partial charge in [-0.3, -0.25) is 0 Å². The quantitative estimate of drug-likeness (QED) is 0.856. The summed E-state index contributed by atoms with van der Waals surface area (Å²) < 4.78 is 0.713. The first-order valence-electron chi connectivity index (χ1n) is 4.67. The van der Waals surface area contributed by atoms with Crippen LogP contribution in [0.4, 0.5) is 0 Å². The van der Waals surface area contributed by atoms with E-state index in [9.17, 15) is 5.11 Å². The van der Waals surface area contributed by atoms with Crippen LogP contribution in [0.3, 0.4) is 0 Å². The van der Waals surface area contributed by atoms with Gasteiger partial charge in [-0.05, 0) is 47.8 Å². The van der Waals surface area contributed by atoms with Gasteiger partial charge >= 0.3 is 0 Å². The molecular weight excluding hydrogens is 242 g/mol. The first-order valence-corrected chi connectivity index (χ1v) is 5.46. The van der Waals surface area contributed by atoms with E-state index in [1.165, 1.54) is 5.56 Å². The van der Waals surface area contributed by atoms with Gasteiger partial charge in [-0.2, -0.15) is 0 Å². The van der Waals surface area contributed by atoms with Crippen LogP contribution in [-0.2, 0) is 12.0 Å². The van der Waals surface area contributed by atoms with Gasteiger partial charge in [0, 0.05) is 11.1 Å². The Morgan fingerprint density at radius 1 is 1.43 bits per heavy atom. The lowest BCUT2D eigenvalue weighted by molar-refractivity contribution is 0.437. The lowest BCUT2D eigenvalue weighted by Gasteiger charge is -2.22. The van der Waals surface area contributed by atoms with Crippen LogP contribution in [0.2, 0.25) is 0 Å². The van der Waals surface area contributed by atoms with Crippen molar-refractivity contribution in [1.29, 1.82) is 0 Å². The van der Waals surface area contributed by atoms with Crippen LogP contribution in [0.1, 0.15) is 31.9 Å². The Morgan fingerprint density at radius 2 is 2.00 bits per heavy atom. The minimum absolute atomic E-state index is 0.245. The van der Waals surface area contributed by atoms with Crippen LogP contribution in [0.5, 0.6) is 5.75 Å². The molecule has 0 aliphatic carbocycles. The van der Waals surface area contributed by atoms with Crippen molar-refractivity contribution in [3.63, 3.8) is 0 Å². The molecule has 0 bridgehead atoms. The first kappa shape index (κ1) is 11.5. The zero-order chi connectivity index (χ0) is 10.9. The number of phenols is 1. The number of aryl methyl sites for hydroxylation is 1. The van der Waals surface area contributed by atoms with Gasteiger partial charge in [0.25, 0.3) is 0 Å². The molecule has 0 atom stereocenters. The average molecular weight is 258 g/mol. The van der Waals surface area contributed by atoms with E-state index in [4.69, 9.17) is 5.73 Å². The highest BCUT2D eigenvalue weighted by Gasteiger charge is 2.20. The standard InChI is InChI=1S/C11H16BrNO/c1-4-7-5-8(11(2,3)13)10(14)9(12)6-7/h5-6,14H,4,13H2,1-3H3. The molecule has 0 radical (unpaired) electrons. The van der Waals surface area contributed by atoms with Gasteiger partial charge in [-0.25, -0.2) is 0 Å². The van der Waals surface area contributed by atoms with Crippen molar-refractivity contribution in [3.8, 4) is 5.75 Å². The van der Waals surface area contributed by atoms with Gasteiger partial charge in [-0.15, -0.1) is 0 Å². The molecule has 0 aliphatic rings. The molecule has 0 saturated carbocycles. The summed E-state index contributed by atoms with van der Waals surface area (Å²) in [7, 11) is 0. The van der Waals surface area contributed by atoms with E-state index < -0.39 is 5.54 Å². The van der Waals surface area contributed by atoms with Gasteiger partial charge < -0.3 is 10.8 Å². The molecule has 0 unspecified atom stereocenters. The maximum absolute atomic E-state index is 9.83. The number of nitrogens with two attached hydrogens (primary N) is 1. The van der Waals surface area contributed by atoms with Crippen LogP contribution in [0.25, 0.3) is 0 Å². The summed E-state index contributed by atoms with van der Waals surface area (Å²) in [5.41, 5.74) is 7.40. The lowest BCUT2D eigenvalue weighted by atomic mass is 9.92. The van der Waals surface area contributed by atoms with E-state index in [-0.39, 0.29) is 5.75 Å². The third-order valence-electron chi connectivity index (χ3n) is 2.23. The molecule has 0 aromatic heterocycles. The van der Waals surface area contributed by atoms with Gasteiger partial charge in [-0.1, -0.05) is 13.0 Å². The van der Waals surface area contributed by atoms with Crippen LogP contribution in [0.15, 0.2) is 16.6 Å². The van der Waals surface area contributed by atoms with Gasteiger partial charge in [0.2, 0.25) is 0 Å². The van der Waals surface area contributed by atoms with Crippen LogP contribution >= 0.6 is 15.9 Å². The predicted octanol–water partition coefficient (Wildman–Crippen LogP) is 2.91. The Labute approximate surface area is 93.3 Å². The van der Waals surface area contributed by atoms with Crippen molar-refractivity contribution < 1.29 is 5.11 Å². The normalized spacial score (nSPS) is 11.8. The maximum Gasteiger partial charge on any atom is 0.134 e. The van der Waals surface area contributed by atoms with E-state index >= 15 is 0 Å². The molecule has 78 valence electrons. The second-order valence-corrected chi connectivity index (χ2v) is 4.90. The Balaban J connectivity index is 3.35. The average Bonchev–Trinajstić information content (AvgIpc) is 2.07. The molecule has 1 rings (SSSR count). The Bertz CT molecular complexity index is 342. The first-order chi connectivity index (χ1) is 6.36. The molecule has 0 spiro atoms. The van der Waals surface area contributed by atoms with Crippen molar-refractivity contribution in [2.45, 2.75) is 32.7 Å². The monoisotopic (exact) mass is 257 g/mol. The second kappa shape index (κ2) is 3.91. The number of phenolic OH excluding ortho intramolecular Hbond substituents is 1. The number of benzene rings is 1. The molecular formula is C11H16BrNO. The maximum atomic E-state index is 9.83. The zero-order valence-corrected chi connectivity index (χ0v) is 10.4. The summed E-state index contributed by atoms with van der Waals surface area (Å²) in [4.78, 5) is 0.